The molecule has 0 aromatic heterocycles. The summed E-state index contributed by atoms with van der Waals surface area (Å²) in [5.74, 6) is 0. The molecule has 15 heavy (non-hydrogen) atoms. The van der Waals surface area contributed by atoms with Gasteiger partial charge in [0.2, 0.25) is 0 Å². The van der Waals surface area contributed by atoms with E-state index < -0.39 is 6.10 Å². The Bertz CT molecular complexity index is 325. The van der Waals surface area contributed by atoms with Gasteiger partial charge in [-0.1, -0.05) is 23.8 Å². The van der Waals surface area contributed by atoms with Crippen LogP contribution in [0, 0.1) is 13.8 Å². The number of hydrogen-bond donors (Lipinski definition) is 3. The molecular formula is C12H19NO2. The Kier molecular flexibility index (Phi) is 4.27. The fourth-order valence-corrected chi connectivity index (χ4v) is 1.61. The largest absolute Gasteiger partial charge is 0.395 e. The number of hydrogen-bond acceptors (Lipinski definition) is 3. The van der Waals surface area contributed by atoms with Gasteiger partial charge in [0.05, 0.1) is 12.7 Å². The van der Waals surface area contributed by atoms with Gasteiger partial charge >= 0.3 is 0 Å². The molecule has 4 N–H and O–H groups in total. The Morgan fingerprint density at radius 3 is 2.60 bits per heavy atom. The molecule has 0 saturated carbocycles. The highest BCUT2D eigenvalue weighted by Crippen LogP contribution is 2.22. The molecule has 3 nitrogen and oxygen atoms in total. The molecule has 0 heterocycles. The van der Waals surface area contributed by atoms with Crippen LogP contribution in [0.4, 0.5) is 0 Å². The molecule has 0 spiro atoms. The zero-order valence-electron chi connectivity index (χ0n) is 9.27. The average Bonchev–Trinajstić information content (AvgIpc) is 2.21. The summed E-state index contributed by atoms with van der Waals surface area (Å²) in [6.45, 7) is 3.85. The fourth-order valence-electron chi connectivity index (χ4n) is 1.61. The zero-order chi connectivity index (χ0) is 11.4. The van der Waals surface area contributed by atoms with Gasteiger partial charge in [-0.05, 0) is 31.4 Å². The van der Waals surface area contributed by atoms with Crippen molar-refractivity contribution in [1.82, 2.24) is 0 Å². The Balaban J connectivity index is 2.80. The minimum atomic E-state index is -0.591. The van der Waals surface area contributed by atoms with Gasteiger partial charge in [0, 0.05) is 6.04 Å². The predicted molar refractivity (Wildman–Crippen MR) is 60.6 cm³/mol. The summed E-state index contributed by atoms with van der Waals surface area (Å²) in [5.41, 5.74) is 8.66. The molecule has 0 saturated heterocycles. The summed E-state index contributed by atoms with van der Waals surface area (Å²) in [6, 6.07) is 5.60. The Morgan fingerprint density at radius 1 is 1.33 bits per heavy atom. The molecule has 3 heteroatoms. The summed E-state index contributed by atoms with van der Waals surface area (Å²) in [5, 5.41) is 18.8. The molecule has 0 radical (unpaired) electrons. The summed E-state index contributed by atoms with van der Waals surface area (Å²) in [7, 11) is 0. The first kappa shape index (κ1) is 12.2. The standard InChI is InChI=1S/C12H19NO2/c1-8-3-4-9(2)11(5-8)12(15)6-10(13)7-14/h3-5,10,12,14-15H,6-7,13H2,1-2H3/t10-,12+/m1/s1. The van der Waals surface area contributed by atoms with Crippen LogP contribution >= 0.6 is 0 Å². The summed E-state index contributed by atoms with van der Waals surface area (Å²) < 4.78 is 0. The van der Waals surface area contributed by atoms with Crippen molar-refractivity contribution in [3.63, 3.8) is 0 Å². The van der Waals surface area contributed by atoms with Gasteiger partial charge in [-0.2, -0.15) is 0 Å². The van der Waals surface area contributed by atoms with Crippen LogP contribution < -0.4 is 5.73 Å². The van der Waals surface area contributed by atoms with Crippen LogP contribution in [0.2, 0.25) is 0 Å². The maximum Gasteiger partial charge on any atom is 0.0808 e. The number of nitrogens with two attached hydrogens (primary N) is 1. The summed E-state index contributed by atoms with van der Waals surface area (Å²) in [6.07, 6.45) is -0.201. The molecule has 0 unspecified atom stereocenters. The van der Waals surface area contributed by atoms with Crippen molar-refractivity contribution in [3.8, 4) is 0 Å². The van der Waals surface area contributed by atoms with Crippen molar-refractivity contribution in [2.24, 2.45) is 5.73 Å². The van der Waals surface area contributed by atoms with Crippen LogP contribution in [0.5, 0.6) is 0 Å². The normalized spacial score (nSPS) is 15.0. The van der Waals surface area contributed by atoms with E-state index in [0.717, 1.165) is 16.7 Å². The molecule has 0 aliphatic rings. The first-order chi connectivity index (χ1) is 7.04. The van der Waals surface area contributed by atoms with Gasteiger partial charge in [0.15, 0.2) is 0 Å². The van der Waals surface area contributed by atoms with Gasteiger partial charge < -0.3 is 15.9 Å². The number of benzene rings is 1. The lowest BCUT2D eigenvalue weighted by Crippen LogP contribution is -2.26. The van der Waals surface area contributed by atoms with Crippen LogP contribution in [0.1, 0.15) is 29.2 Å². The van der Waals surface area contributed by atoms with Gasteiger partial charge in [-0.3, -0.25) is 0 Å². The zero-order valence-corrected chi connectivity index (χ0v) is 9.27. The third kappa shape index (κ3) is 3.30. The predicted octanol–water partition coefficient (Wildman–Crippen LogP) is 1.05. The minimum absolute atomic E-state index is 0.0953. The topological polar surface area (TPSA) is 66.5 Å². The van der Waals surface area contributed by atoms with Crippen LogP contribution in [-0.2, 0) is 0 Å². The van der Waals surface area contributed by atoms with Crippen LogP contribution in [-0.4, -0.2) is 22.9 Å². The molecule has 0 amide bonds. The fraction of sp³-hybridized carbons (Fsp3) is 0.500. The van der Waals surface area contributed by atoms with E-state index in [1.807, 2.05) is 32.0 Å². The van der Waals surface area contributed by atoms with Crippen molar-refractivity contribution in [3.05, 3.63) is 34.9 Å². The third-order valence-corrected chi connectivity index (χ3v) is 2.55. The quantitative estimate of drug-likeness (QED) is 0.694. The van der Waals surface area contributed by atoms with Crippen molar-refractivity contribution >= 4 is 0 Å². The van der Waals surface area contributed by atoms with Crippen LogP contribution in [0.25, 0.3) is 0 Å². The van der Waals surface area contributed by atoms with Gasteiger partial charge in [0.1, 0.15) is 0 Å². The van der Waals surface area contributed by atoms with E-state index in [2.05, 4.69) is 0 Å². The summed E-state index contributed by atoms with van der Waals surface area (Å²) >= 11 is 0. The molecular weight excluding hydrogens is 190 g/mol. The van der Waals surface area contributed by atoms with E-state index in [0.29, 0.717) is 6.42 Å². The first-order valence-corrected chi connectivity index (χ1v) is 5.16. The molecule has 0 aliphatic heterocycles. The Morgan fingerprint density at radius 2 is 2.00 bits per heavy atom. The molecule has 1 aromatic carbocycles. The molecule has 0 bridgehead atoms. The van der Waals surface area contributed by atoms with Gasteiger partial charge in [-0.25, -0.2) is 0 Å². The molecule has 0 fully saturated rings. The maximum atomic E-state index is 9.94. The van der Waals surface area contributed by atoms with E-state index in [1.54, 1.807) is 0 Å². The van der Waals surface area contributed by atoms with Crippen molar-refractivity contribution < 1.29 is 10.2 Å². The highest BCUT2D eigenvalue weighted by molar-refractivity contribution is 5.32. The number of aliphatic hydroxyl groups is 2. The second-order valence-electron chi connectivity index (χ2n) is 4.05. The molecule has 1 aromatic rings. The van der Waals surface area contributed by atoms with E-state index in [9.17, 15) is 5.11 Å². The molecule has 84 valence electrons. The molecule has 0 aliphatic carbocycles. The van der Waals surface area contributed by atoms with Crippen LogP contribution in [0.15, 0.2) is 18.2 Å². The Labute approximate surface area is 90.5 Å². The highest BCUT2D eigenvalue weighted by atomic mass is 16.3. The number of aliphatic hydroxyl groups excluding tert-OH is 2. The number of aryl methyl sites for hydroxylation is 2. The SMILES string of the molecule is Cc1ccc(C)c([C@@H](O)C[C@@H](N)CO)c1. The van der Waals surface area contributed by atoms with Crippen molar-refractivity contribution in [2.45, 2.75) is 32.4 Å². The second-order valence-corrected chi connectivity index (χ2v) is 4.05. The average molecular weight is 209 g/mol. The van der Waals surface area contributed by atoms with Gasteiger partial charge in [0.25, 0.3) is 0 Å². The Hall–Kier alpha value is -0.900. The second kappa shape index (κ2) is 5.26. The summed E-state index contributed by atoms with van der Waals surface area (Å²) in [4.78, 5) is 0. The highest BCUT2D eigenvalue weighted by Gasteiger charge is 2.14. The minimum Gasteiger partial charge on any atom is -0.395 e. The lowest BCUT2D eigenvalue weighted by atomic mass is 9.97. The monoisotopic (exact) mass is 209 g/mol. The van der Waals surface area contributed by atoms with E-state index in [-0.39, 0.29) is 12.6 Å². The lowest BCUT2D eigenvalue weighted by molar-refractivity contribution is 0.140. The van der Waals surface area contributed by atoms with Crippen molar-refractivity contribution in [2.75, 3.05) is 6.61 Å². The maximum absolute atomic E-state index is 9.94. The van der Waals surface area contributed by atoms with Gasteiger partial charge in [-0.15, -0.1) is 0 Å². The van der Waals surface area contributed by atoms with Crippen molar-refractivity contribution in [1.29, 1.82) is 0 Å². The first-order valence-electron chi connectivity index (χ1n) is 5.16. The van der Waals surface area contributed by atoms with Crippen LogP contribution in [0.3, 0.4) is 0 Å². The van der Waals surface area contributed by atoms with E-state index in [4.69, 9.17) is 10.8 Å². The third-order valence-electron chi connectivity index (χ3n) is 2.55. The molecule has 1 rings (SSSR count). The number of rotatable bonds is 4. The lowest BCUT2D eigenvalue weighted by Gasteiger charge is -2.17. The van der Waals surface area contributed by atoms with E-state index in [1.165, 1.54) is 0 Å². The smallest absolute Gasteiger partial charge is 0.0808 e. The molecule has 2 atom stereocenters. The van der Waals surface area contributed by atoms with E-state index >= 15 is 0 Å².